The van der Waals surface area contributed by atoms with Crippen LogP contribution in [-0.2, 0) is 14.4 Å². The molecule has 0 radical (unpaired) electrons. The topological polar surface area (TPSA) is 102 Å². The van der Waals surface area contributed by atoms with Crippen molar-refractivity contribution in [1.29, 1.82) is 5.26 Å². The van der Waals surface area contributed by atoms with E-state index in [-0.39, 0.29) is 24.1 Å². The van der Waals surface area contributed by atoms with Gasteiger partial charge in [0.15, 0.2) is 0 Å². The lowest BCUT2D eigenvalue weighted by Crippen LogP contribution is -2.43. The Kier molecular flexibility index (Phi) is 9.01. The number of hydrogen-bond acceptors (Lipinski definition) is 6. The maximum absolute atomic E-state index is 12.9. The number of anilines is 1. The summed E-state index contributed by atoms with van der Waals surface area (Å²) < 4.78 is 0. The number of carbonyl (C=O) groups is 3. The Morgan fingerprint density at radius 2 is 1.84 bits per heavy atom. The van der Waals surface area contributed by atoms with Gasteiger partial charge in [-0.1, -0.05) is 26.7 Å². The van der Waals surface area contributed by atoms with Crippen molar-refractivity contribution in [2.45, 2.75) is 52.9 Å². The molecule has 0 bridgehead atoms. The Bertz CT molecular complexity index is 931. The van der Waals surface area contributed by atoms with Gasteiger partial charge in [-0.15, -0.1) is 11.3 Å². The van der Waals surface area contributed by atoms with Crippen LogP contribution in [0.1, 0.15) is 57.8 Å². The van der Waals surface area contributed by atoms with Gasteiger partial charge in [0, 0.05) is 30.1 Å². The summed E-state index contributed by atoms with van der Waals surface area (Å²) in [5.41, 5.74) is 0.456. The molecule has 2 rings (SSSR count). The third kappa shape index (κ3) is 6.05. The average molecular weight is 444 g/mol. The van der Waals surface area contributed by atoms with Crippen molar-refractivity contribution in [2.75, 3.05) is 24.5 Å². The summed E-state index contributed by atoms with van der Waals surface area (Å²) in [7, 11) is 0. The highest BCUT2D eigenvalue weighted by molar-refractivity contribution is 7.17. The number of aliphatic carboxylic acids is 1. The van der Waals surface area contributed by atoms with Crippen molar-refractivity contribution < 1.29 is 19.5 Å². The molecule has 0 unspecified atom stereocenters. The second-order valence-corrected chi connectivity index (χ2v) is 8.54. The lowest BCUT2D eigenvalue weighted by atomic mass is 9.94. The fourth-order valence-corrected chi connectivity index (χ4v) is 4.30. The highest BCUT2D eigenvalue weighted by atomic mass is 32.1. The smallest absolute Gasteiger partial charge is 0.305 e. The van der Waals surface area contributed by atoms with E-state index in [1.54, 1.807) is 24.3 Å². The fourth-order valence-electron chi connectivity index (χ4n) is 3.30. The highest BCUT2D eigenvalue weighted by Crippen LogP contribution is 2.32. The second-order valence-electron chi connectivity index (χ2n) is 7.45. The minimum absolute atomic E-state index is 0.125. The Hall–Kier alpha value is -2.92. The summed E-state index contributed by atoms with van der Waals surface area (Å²) in [6.07, 6.45) is 5.76. The molecule has 0 fully saturated rings. The minimum atomic E-state index is -1.11. The van der Waals surface area contributed by atoms with Crippen LogP contribution in [0, 0.1) is 11.3 Å². The first-order chi connectivity index (χ1) is 14.8. The lowest BCUT2D eigenvalue weighted by Gasteiger charge is -2.26. The van der Waals surface area contributed by atoms with Crippen LogP contribution in [0.2, 0.25) is 0 Å². The van der Waals surface area contributed by atoms with Gasteiger partial charge in [-0.05, 0) is 43.5 Å². The molecule has 1 aliphatic heterocycles. The summed E-state index contributed by atoms with van der Waals surface area (Å²) >= 11 is 1.56. The minimum Gasteiger partial charge on any atom is -0.481 e. The summed E-state index contributed by atoms with van der Waals surface area (Å²) in [5, 5.41) is 19.5. The van der Waals surface area contributed by atoms with Crippen LogP contribution in [0.5, 0.6) is 0 Å². The van der Waals surface area contributed by atoms with Crippen molar-refractivity contribution >= 4 is 40.2 Å². The summed E-state index contributed by atoms with van der Waals surface area (Å²) in [6.45, 7) is 7.59. The molecule has 2 heterocycles. The number of amides is 2. The van der Waals surface area contributed by atoms with E-state index in [0.29, 0.717) is 5.57 Å². The van der Waals surface area contributed by atoms with Crippen LogP contribution in [0.4, 0.5) is 5.00 Å². The fraction of sp³-hybridized carbons (Fsp3) is 0.478. The van der Waals surface area contributed by atoms with E-state index >= 15 is 0 Å². The summed E-state index contributed by atoms with van der Waals surface area (Å²) in [6, 6.07) is 5.84. The maximum atomic E-state index is 12.9. The van der Waals surface area contributed by atoms with E-state index in [0.717, 1.165) is 53.6 Å². The second kappa shape index (κ2) is 11.5. The molecular weight excluding hydrogens is 414 g/mol. The molecule has 0 aliphatic carbocycles. The third-order valence-electron chi connectivity index (χ3n) is 5.15. The number of rotatable bonds is 11. The van der Waals surface area contributed by atoms with Crippen molar-refractivity contribution in [3.63, 3.8) is 0 Å². The zero-order valence-electron chi connectivity index (χ0n) is 18.3. The molecule has 0 saturated carbocycles. The van der Waals surface area contributed by atoms with Crippen LogP contribution in [-0.4, -0.2) is 47.4 Å². The predicted octanol–water partition coefficient (Wildman–Crippen LogP) is 4.22. The molecule has 0 aromatic carbocycles. The van der Waals surface area contributed by atoms with Gasteiger partial charge in [0.05, 0.1) is 11.4 Å². The van der Waals surface area contributed by atoms with E-state index in [1.807, 2.05) is 18.2 Å². The van der Waals surface area contributed by atoms with Crippen molar-refractivity contribution in [2.24, 2.45) is 0 Å². The zero-order chi connectivity index (χ0) is 23.0. The molecule has 1 aliphatic rings. The molecule has 1 aromatic heterocycles. The number of carbonyl (C=O) groups excluding carboxylic acids is 2. The van der Waals surface area contributed by atoms with E-state index in [1.165, 1.54) is 0 Å². The quantitative estimate of drug-likeness (QED) is 0.406. The molecule has 166 valence electrons. The molecule has 1 aromatic rings. The van der Waals surface area contributed by atoms with Gasteiger partial charge < -0.3 is 10.0 Å². The molecule has 1 N–H and O–H groups in total. The number of carboxylic acids is 1. The highest BCUT2D eigenvalue weighted by Gasteiger charge is 2.35. The van der Waals surface area contributed by atoms with Gasteiger partial charge in [0.1, 0.15) is 11.6 Å². The summed E-state index contributed by atoms with van der Waals surface area (Å²) in [5.74, 6) is -2.41. The third-order valence-corrected chi connectivity index (χ3v) is 6.24. The van der Waals surface area contributed by atoms with E-state index in [4.69, 9.17) is 5.11 Å². The number of nitriles is 1. The van der Waals surface area contributed by atoms with E-state index < -0.39 is 17.8 Å². The van der Waals surface area contributed by atoms with Gasteiger partial charge >= 0.3 is 5.97 Å². The first-order valence-corrected chi connectivity index (χ1v) is 11.4. The average Bonchev–Trinajstić information content (AvgIpc) is 3.20. The van der Waals surface area contributed by atoms with Gasteiger partial charge in [0.25, 0.3) is 11.8 Å². The Morgan fingerprint density at radius 3 is 2.39 bits per heavy atom. The van der Waals surface area contributed by atoms with E-state index in [2.05, 4.69) is 18.7 Å². The first-order valence-electron chi connectivity index (χ1n) is 10.6. The first kappa shape index (κ1) is 24.4. The molecule has 7 nitrogen and oxygen atoms in total. The van der Waals surface area contributed by atoms with Gasteiger partial charge in [0.2, 0.25) is 0 Å². The van der Waals surface area contributed by atoms with Crippen LogP contribution in [0.25, 0.3) is 6.08 Å². The number of imide groups is 1. The normalized spacial score (nSPS) is 15.5. The van der Waals surface area contributed by atoms with Gasteiger partial charge in [-0.25, -0.2) is 0 Å². The zero-order valence-corrected chi connectivity index (χ0v) is 19.1. The molecule has 0 spiro atoms. The number of carboxylic acid groups (broad SMARTS) is 1. The molecule has 0 atom stereocenters. The van der Waals surface area contributed by atoms with Crippen LogP contribution >= 0.6 is 11.3 Å². The van der Waals surface area contributed by atoms with Crippen LogP contribution in [0.3, 0.4) is 0 Å². The predicted molar refractivity (Wildman–Crippen MR) is 122 cm³/mol. The van der Waals surface area contributed by atoms with Crippen LogP contribution < -0.4 is 4.90 Å². The number of hydrogen-bond donors (Lipinski definition) is 1. The SMILES string of the molecule is CCCCN(CCCC)c1ccc(/C=C2/C(=O)N(CCC(=O)O)C(=O)C(C#N)=C2C)s1. The lowest BCUT2D eigenvalue weighted by molar-refractivity contribution is -0.142. The largest absolute Gasteiger partial charge is 0.481 e. The Morgan fingerprint density at radius 1 is 1.19 bits per heavy atom. The summed E-state index contributed by atoms with van der Waals surface area (Å²) in [4.78, 5) is 40.4. The van der Waals surface area contributed by atoms with Crippen LogP contribution in [0.15, 0.2) is 28.9 Å². The molecular formula is C23H29N3O4S. The van der Waals surface area contributed by atoms with Crippen molar-refractivity contribution in [3.8, 4) is 6.07 Å². The standard InChI is InChI=1S/C23H29N3O4S/c1-4-6-11-25(12-7-5-2)20-9-8-17(31-20)14-18-16(3)19(15-24)23(30)26(22(18)29)13-10-21(27)28/h8-9,14H,4-7,10-13H2,1-3H3,(H,27,28)/b18-14+. The molecule has 8 heteroatoms. The molecule has 0 saturated heterocycles. The van der Waals surface area contributed by atoms with Gasteiger partial charge in [-0.3, -0.25) is 19.3 Å². The Balaban J connectivity index is 2.37. The van der Waals surface area contributed by atoms with Crippen molar-refractivity contribution in [3.05, 3.63) is 33.7 Å². The van der Waals surface area contributed by atoms with E-state index in [9.17, 15) is 19.6 Å². The number of unbranched alkanes of at least 4 members (excludes halogenated alkanes) is 2. The number of thiophene rings is 1. The molecule has 2 amide bonds. The van der Waals surface area contributed by atoms with Gasteiger partial charge in [-0.2, -0.15) is 5.26 Å². The Labute approximate surface area is 187 Å². The molecule has 31 heavy (non-hydrogen) atoms. The van der Waals surface area contributed by atoms with Crippen molar-refractivity contribution in [1.82, 2.24) is 4.90 Å². The monoisotopic (exact) mass is 443 g/mol. The maximum Gasteiger partial charge on any atom is 0.305 e. The number of nitrogens with zero attached hydrogens (tertiary/aromatic N) is 3.